The van der Waals surface area contributed by atoms with Crippen LogP contribution in [0.15, 0.2) is 30.3 Å². The third kappa shape index (κ3) is 3.60. The molecule has 0 heterocycles. The molecule has 6 nitrogen and oxygen atoms in total. The van der Waals surface area contributed by atoms with Gasteiger partial charge in [0.1, 0.15) is 0 Å². The Kier molecular flexibility index (Phi) is 5.18. The second kappa shape index (κ2) is 7.11. The molecular weight excluding hydrogens is 300 g/mol. The van der Waals surface area contributed by atoms with Gasteiger partial charge in [-0.15, -0.1) is 0 Å². The zero-order valence-electron chi connectivity index (χ0n) is 13.2. The predicted octanol–water partition coefficient (Wildman–Crippen LogP) is 2.40. The molecule has 0 unspecified atom stereocenters. The van der Waals surface area contributed by atoms with Crippen LogP contribution in [-0.2, 0) is 6.42 Å². The Labute approximate surface area is 134 Å². The fourth-order valence-corrected chi connectivity index (χ4v) is 2.30. The van der Waals surface area contributed by atoms with Crippen molar-refractivity contribution in [2.75, 3.05) is 21.3 Å². The van der Waals surface area contributed by atoms with Gasteiger partial charge in [0.25, 0.3) is 0 Å². The lowest BCUT2D eigenvalue weighted by Gasteiger charge is -2.16. The fourth-order valence-electron chi connectivity index (χ4n) is 2.30. The molecule has 0 radical (unpaired) electrons. The monoisotopic (exact) mass is 320 g/mol. The fraction of sp³-hybridized carbons (Fsp3) is 0.294. The molecule has 0 bridgehead atoms. The molecule has 2 aromatic rings. The van der Waals surface area contributed by atoms with E-state index in [2.05, 4.69) is 0 Å². The Morgan fingerprint density at radius 2 is 1.43 bits per heavy atom. The second-order valence-electron chi connectivity index (χ2n) is 5.00. The lowest BCUT2D eigenvalue weighted by Crippen LogP contribution is -2.03. The molecule has 6 heteroatoms. The van der Waals surface area contributed by atoms with E-state index in [9.17, 15) is 15.3 Å². The normalized spacial score (nSPS) is 11.8. The Morgan fingerprint density at radius 1 is 0.870 bits per heavy atom. The maximum absolute atomic E-state index is 10.4. The highest BCUT2D eigenvalue weighted by molar-refractivity contribution is 5.53. The first-order valence-electron chi connectivity index (χ1n) is 6.99. The van der Waals surface area contributed by atoms with Gasteiger partial charge in [-0.1, -0.05) is 6.07 Å². The number of rotatable bonds is 6. The summed E-state index contributed by atoms with van der Waals surface area (Å²) in [5.41, 5.74) is 1.33. The topological polar surface area (TPSA) is 88.4 Å². The molecule has 1 atom stereocenters. The molecule has 3 N–H and O–H groups in total. The summed E-state index contributed by atoms with van der Waals surface area (Å²) in [5, 5.41) is 30.0. The molecule has 0 aromatic heterocycles. The average Bonchev–Trinajstić information content (AvgIpc) is 2.56. The van der Waals surface area contributed by atoms with E-state index in [1.807, 2.05) is 0 Å². The molecule has 0 fully saturated rings. The summed E-state index contributed by atoms with van der Waals surface area (Å²) in [4.78, 5) is 0. The van der Waals surface area contributed by atoms with Crippen molar-refractivity contribution in [1.82, 2.24) is 0 Å². The van der Waals surface area contributed by atoms with E-state index in [1.165, 1.54) is 27.4 Å². The van der Waals surface area contributed by atoms with Crippen molar-refractivity contribution < 1.29 is 29.5 Å². The van der Waals surface area contributed by atoms with E-state index in [4.69, 9.17) is 14.2 Å². The molecule has 0 aliphatic rings. The van der Waals surface area contributed by atoms with Crippen LogP contribution >= 0.6 is 0 Å². The number of aliphatic hydroxyl groups is 1. The van der Waals surface area contributed by atoms with Gasteiger partial charge in [-0.25, -0.2) is 0 Å². The van der Waals surface area contributed by atoms with Gasteiger partial charge in [0.15, 0.2) is 23.0 Å². The molecule has 0 aliphatic heterocycles. The number of aromatic hydroxyl groups is 2. The van der Waals surface area contributed by atoms with E-state index < -0.39 is 6.10 Å². The summed E-state index contributed by atoms with van der Waals surface area (Å²) in [6.07, 6.45) is -0.541. The maximum atomic E-state index is 10.4. The first kappa shape index (κ1) is 16.8. The smallest absolute Gasteiger partial charge is 0.200 e. The number of aliphatic hydroxyl groups excluding tert-OH is 1. The van der Waals surface area contributed by atoms with Crippen LogP contribution in [0, 0.1) is 0 Å². The highest BCUT2D eigenvalue weighted by Crippen LogP contribution is 2.39. The Bertz CT molecular complexity index is 658. The van der Waals surface area contributed by atoms with Crippen LogP contribution in [0.1, 0.15) is 17.2 Å². The van der Waals surface area contributed by atoms with Crippen LogP contribution < -0.4 is 14.2 Å². The van der Waals surface area contributed by atoms with E-state index in [0.717, 1.165) is 5.56 Å². The van der Waals surface area contributed by atoms with Crippen LogP contribution in [0.2, 0.25) is 0 Å². The molecule has 2 aromatic carbocycles. The number of methoxy groups -OCH3 is 3. The minimum atomic E-state index is -0.840. The summed E-state index contributed by atoms with van der Waals surface area (Å²) in [7, 11) is 4.32. The molecular formula is C17H20O6. The van der Waals surface area contributed by atoms with Crippen molar-refractivity contribution in [2.45, 2.75) is 12.5 Å². The maximum Gasteiger partial charge on any atom is 0.200 e. The minimum absolute atomic E-state index is 0.0405. The lowest BCUT2D eigenvalue weighted by molar-refractivity contribution is 0.177. The zero-order chi connectivity index (χ0) is 17.0. The summed E-state index contributed by atoms with van der Waals surface area (Å²) < 4.78 is 15.2. The number of ether oxygens (including phenoxy) is 3. The van der Waals surface area contributed by atoms with Gasteiger partial charge in [-0.05, 0) is 35.4 Å². The summed E-state index contributed by atoms with van der Waals surface area (Å²) in [6, 6.07) is 7.99. The Morgan fingerprint density at radius 3 is 1.96 bits per heavy atom. The van der Waals surface area contributed by atoms with Crippen molar-refractivity contribution in [1.29, 1.82) is 0 Å². The van der Waals surface area contributed by atoms with E-state index >= 15 is 0 Å². The highest BCUT2D eigenvalue weighted by atomic mass is 16.5. The van der Waals surface area contributed by atoms with Crippen molar-refractivity contribution in [3.63, 3.8) is 0 Å². The van der Waals surface area contributed by atoms with Crippen molar-refractivity contribution in [3.05, 3.63) is 41.5 Å². The van der Waals surface area contributed by atoms with Crippen molar-refractivity contribution in [3.8, 4) is 28.7 Å². The quantitative estimate of drug-likeness (QED) is 0.757. The second-order valence-corrected chi connectivity index (χ2v) is 5.00. The van der Waals surface area contributed by atoms with Gasteiger partial charge in [0.2, 0.25) is 5.75 Å². The number of hydrogen-bond donors (Lipinski definition) is 3. The predicted molar refractivity (Wildman–Crippen MR) is 84.5 cm³/mol. The van der Waals surface area contributed by atoms with E-state index in [0.29, 0.717) is 17.7 Å². The number of phenolic OH excluding ortho intramolecular Hbond substituents is 2. The number of hydrogen-bond acceptors (Lipinski definition) is 6. The molecule has 2 rings (SSSR count). The zero-order valence-corrected chi connectivity index (χ0v) is 13.2. The molecule has 23 heavy (non-hydrogen) atoms. The van der Waals surface area contributed by atoms with Gasteiger partial charge in [0.05, 0.1) is 27.4 Å². The first-order chi connectivity index (χ1) is 11.0. The average molecular weight is 320 g/mol. The molecule has 0 saturated heterocycles. The van der Waals surface area contributed by atoms with Gasteiger partial charge in [-0.2, -0.15) is 0 Å². The summed E-state index contributed by atoms with van der Waals surface area (Å²) >= 11 is 0. The Hall–Kier alpha value is -2.60. The van der Waals surface area contributed by atoms with E-state index in [-0.39, 0.29) is 23.0 Å². The van der Waals surface area contributed by atoms with Crippen LogP contribution in [0.5, 0.6) is 28.7 Å². The molecule has 0 spiro atoms. The van der Waals surface area contributed by atoms with Crippen LogP contribution in [0.3, 0.4) is 0 Å². The van der Waals surface area contributed by atoms with Gasteiger partial charge in [-0.3, -0.25) is 0 Å². The van der Waals surface area contributed by atoms with Gasteiger partial charge >= 0.3 is 0 Å². The molecule has 124 valence electrons. The third-order valence-electron chi connectivity index (χ3n) is 3.56. The lowest BCUT2D eigenvalue weighted by atomic mass is 10.00. The third-order valence-corrected chi connectivity index (χ3v) is 3.56. The molecule has 0 aliphatic carbocycles. The van der Waals surface area contributed by atoms with Crippen molar-refractivity contribution >= 4 is 0 Å². The highest BCUT2D eigenvalue weighted by Gasteiger charge is 2.17. The molecule has 0 saturated carbocycles. The SMILES string of the molecule is COc1cc(C[C@@H](O)c2cc(OC)c(O)c(OC)c2)ccc1O. The first-order valence-corrected chi connectivity index (χ1v) is 6.99. The summed E-state index contributed by atoms with van der Waals surface area (Å²) in [5.74, 6) is 0.718. The van der Waals surface area contributed by atoms with Gasteiger partial charge < -0.3 is 29.5 Å². The number of benzene rings is 2. The van der Waals surface area contributed by atoms with Crippen molar-refractivity contribution in [2.24, 2.45) is 0 Å². The van der Waals surface area contributed by atoms with Crippen LogP contribution in [0.4, 0.5) is 0 Å². The van der Waals surface area contributed by atoms with E-state index in [1.54, 1.807) is 24.3 Å². The standard InChI is InChI=1S/C17H20O6/c1-21-14-7-10(4-5-12(14)18)6-13(19)11-8-15(22-2)17(20)16(9-11)23-3/h4-5,7-9,13,18-20H,6H2,1-3H3/t13-/m1/s1. The Balaban J connectivity index is 2.28. The largest absolute Gasteiger partial charge is 0.504 e. The number of phenols is 2. The summed E-state index contributed by atoms with van der Waals surface area (Å²) in [6.45, 7) is 0. The minimum Gasteiger partial charge on any atom is -0.504 e. The molecule has 0 amide bonds. The van der Waals surface area contributed by atoms with Gasteiger partial charge in [0, 0.05) is 6.42 Å². The van der Waals surface area contributed by atoms with Crippen LogP contribution in [-0.4, -0.2) is 36.6 Å². The van der Waals surface area contributed by atoms with Crippen LogP contribution in [0.25, 0.3) is 0 Å².